The van der Waals surface area contributed by atoms with Gasteiger partial charge in [0.1, 0.15) is 22.8 Å². The molecule has 0 saturated carbocycles. The van der Waals surface area contributed by atoms with Crippen LogP contribution in [0.4, 0.5) is 5.82 Å². The van der Waals surface area contributed by atoms with Crippen molar-refractivity contribution < 1.29 is 4.74 Å². The van der Waals surface area contributed by atoms with Crippen molar-refractivity contribution in [3.8, 4) is 22.7 Å². The number of nitrogens with zero attached hydrogens (tertiary/aromatic N) is 5. The fourth-order valence-electron chi connectivity index (χ4n) is 5.47. The molecule has 3 aromatic heterocycles. The van der Waals surface area contributed by atoms with Crippen molar-refractivity contribution in [2.75, 3.05) is 18.1 Å². The Bertz CT molecular complexity index is 1600. The molecule has 2 aliphatic rings. The molecule has 6 rings (SSSR count). The van der Waals surface area contributed by atoms with Crippen LogP contribution in [0.1, 0.15) is 50.3 Å². The molecule has 0 amide bonds. The van der Waals surface area contributed by atoms with E-state index in [-0.39, 0.29) is 12.0 Å². The number of hydrogen-bond donors (Lipinski definition) is 0. The van der Waals surface area contributed by atoms with E-state index in [0.717, 1.165) is 37.1 Å². The fraction of sp³-hybridized carbons (Fsp3) is 0.357. The van der Waals surface area contributed by atoms with E-state index in [1.54, 1.807) is 16.8 Å². The van der Waals surface area contributed by atoms with Gasteiger partial charge in [0.15, 0.2) is 11.4 Å². The molecule has 1 fully saturated rings. The Morgan fingerprint density at radius 3 is 2.70 bits per heavy atom. The zero-order chi connectivity index (χ0) is 25.8. The highest BCUT2D eigenvalue weighted by molar-refractivity contribution is 6.38. The number of anilines is 1. The minimum atomic E-state index is -0.405. The summed E-state index contributed by atoms with van der Waals surface area (Å²) in [6.07, 6.45) is 4.85. The number of benzene rings is 1. The van der Waals surface area contributed by atoms with Gasteiger partial charge in [-0.25, -0.2) is 14.3 Å². The maximum atomic E-state index is 13.9. The number of fused-ring (bicyclic) bond motifs is 2. The summed E-state index contributed by atoms with van der Waals surface area (Å²) in [5.74, 6) is 1.14. The molecule has 5 heterocycles. The Kier molecular flexibility index (Phi) is 6.08. The second-order valence-electron chi connectivity index (χ2n) is 10.0. The average molecular weight is 536 g/mol. The first kappa shape index (κ1) is 24.2. The molecule has 37 heavy (non-hydrogen) atoms. The monoisotopic (exact) mass is 535 g/mol. The normalized spacial score (nSPS) is 17.0. The molecular formula is C28H27Cl2N5O2. The third kappa shape index (κ3) is 3.87. The summed E-state index contributed by atoms with van der Waals surface area (Å²) in [5, 5.41) is 1.52. The van der Waals surface area contributed by atoms with Gasteiger partial charge in [-0.2, -0.15) is 4.98 Å². The van der Waals surface area contributed by atoms with E-state index >= 15 is 0 Å². The molecule has 0 N–H and O–H groups in total. The zero-order valence-electron chi connectivity index (χ0n) is 21.0. The summed E-state index contributed by atoms with van der Waals surface area (Å²) in [6, 6.07) is 9.41. The van der Waals surface area contributed by atoms with E-state index in [4.69, 9.17) is 32.9 Å². The predicted octanol–water partition coefficient (Wildman–Crippen LogP) is 6.33. The number of rotatable bonds is 3. The third-order valence-electron chi connectivity index (χ3n) is 7.28. The van der Waals surface area contributed by atoms with Crippen molar-refractivity contribution in [1.29, 1.82) is 0 Å². The van der Waals surface area contributed by atoms with Gasteiger partial charge in [-0.05, 0) is 49.8 Å². The molecule has 1 aromatic carbocycles. The third-order valence-corrected chi connectivity index (χ3v) is 7.96. The second kappa shape index (κ2) is 9.30. The number of ether oxygens (including phenoxy) is 1. The number of halogens is 2. The minimum Gasteiger partial charge on any atom is -0.489 e. The van der Waals surface area contributed by atoms with Crippen LogP contribution < -0.4 is 15.3 Å². The molecule has 1 saturated heterocycles. The maximum Gasteiger partial charge on any atom is 0.355 e. The number of piperidine rings is 1. The van der Waals surface area contributed by atoms with Gasteiger partial charge in [0.2, 0.25) is 0 Å². The smallest absolute Gasteiger partial charge is 0.355 e. The summed E-state index contributed by atoms with van der Waals surface area (Å²) in [5.41, 5.74) is 3.55. The van der Waals surface area contributed by atoms with Crippen LogP contribution in [0.2, 0.25) is 10.0 Å². The van der Waals surface area contributed by atoms with Crippen LogP contribution in [0.5, 0.6) is 5.75 Å². The van der Waals surface area contributed by atoms with Crippen molar-refractivity contribution >= 4 is 40.1 Å². The number of aromatic nitrogens is 4. The van der Waals surface area contributed by atoms with E-state index in [9.17, 15) is 4.79 Å². The fourth-order valence-corrected chi connectivity index (χ4v) is 5.99. The number of hydrogen-bond acceptors (Lipinski definition) is 6. The first-order chi connectivity index (χ1) is 17.9. The predicted molar refractivity (Wildman–Crippen MR) is 148 cm³/mol. The van der Waals surface area contributed by atoms with E-state index in [0.29, 0.717) is 56.2 Å². The summed E-state index contributed by atoms with van der Waals surface area (Å²) in [6.45, 7) is 7.33. The summed E-state index contributed by atoms with van der Waals surface area (Å²) < 4.78 is 8.01. The lowest BCUT2D eigenvalue weighted by Crippen LogP contribution is -2.43. The summed E-state index contributed by atoms with van der Waals surface area (Å²) >= 11 is 13.6. The SMILES string of the molecule is Cc1ccnc(C(C)C)c1-n1c(=O)nc2c3c(c(Cl)c(-c4ccccc4Cl)nc31)OC[C@H]1CCCCN21. The first-order valence-corrected chi connectivity index (χ1v) is 13.4. The summed E-state index contributed by atoms with van der Waals surface area (Å²) in [4.78, 5) is 30.4. The molecule has 4 aromatic rings. The van der Waals surface area contributed by atoms with Crippen molar-refractivity contribution in [3.63, 3.8) is 0 Å². The molecule has 0 radical (unpaired) electrons. The highest BCUT2D eigenvalue weighted by Crippen LogP contribution is 2.46. The van der Waals surface area contributed by atoms with Gasteiger partial charge >= 0.3 is 5.69 Å². The quantitative estimate of drug-likeness (QED) is 0.305. The topological polar surface area (TPSA) is 73.1 Å². The van der Waals surface area contributed by atoms with Gasteiger partial charge in [-0.15, -0.1) is 0 Å². The van der Waals surface area contributed by atoms with Crippen LogP contribution in [-0.4, -0.2) is 38.7 Å². The van der Waals surface area contributed by atoms with Crippen LogP contribution in [-0.2, 0) is 0 Å². The van der Waals surface area contributed by atoms with Crippen LogP contribution in [0.3, 0.4) is 0 Å². The van der Waals surface area contributed by atoms with Gasteiger partial charge < -0.3 is 9.64 Å². The molecule has 1 atom stereocenters. The summed E-state index contributed by atoms with van der Waals surface area (Å²) in [7, 11) is 0. The highest BCUT2D eigenvalue weighted by atomic mass is 35.5. The number of aryl methyl sites for hydroxylation is 1. The Labute approximate surface area is 225 Å². The number of pyridine rings is 2. The largest absolute Gasteiger partial charge is 0.489 e. The lowest BCUT2D eigenvalue weighted by Gasteiger charge is -2.34. The van der Waals surface area contributed by atoms with Crippen molar-refractivity contribution in [3.05, 3.63) is 68.3 Å². The molecule has 0 spiro atoms. The van der Waals surface area contributed by atoms with Gasteiger partial charge in [0.25, 0.3) is 0 Å². The van der Waals surface area contributed by atoms with Gasteiger partial charge in [0.05, 0.1) is 28.1 Å². The van der Waals surface area contributed by atoms with E-state index in [1.165, 1.54) is 0 Å². The Morgan fingerprint density at radius 1 is 1.11 bits per heavy atom. The van der Waals surface area contributed by atoms with Crippen LogP contribution >= 0.6 is 23.2 Å². The van der Waals surface area contributed by atoms with Gasteiger partial charge in [-0.1, -0.05) is 55.2 Å². The highest BCUT2D eigenvalue weighted by Gasteiger charge is 2.34. The molecule has 9 heteroatoms. The average Bonchev–Trinajstić information content (AvgIpc) is 3.05. The van der Waals surface area contributed by atoms with Crippen LogP contribution in [0.15, 0.2) is 41.3 Å². The van der Waals surface area contributed by atoms with Crippen molar-refractivity contribution in [2.24, 2.45) is 0 Å². The van der Waals surface area contributed by atoms with E-state index in [2.05, 4.69) is 28.7 Å². The first-order valence-electron chi connectivity index (χ1n) is 12.6. The molecule has 2 aliphatic heterocycles. The Hall–Kier alpha value is -3.16. The molecule has 190 valence electrons. The molecule has 0 bridgehead atoms. The molecule has 7 nitrogen and oxygen atoms in total. The minimum absolute atomic E-state index is 0.0738. The Morgan fingerprint density at radius 2 is 1.92 bits per heavy atom. The van der Waals surface area contributed by atoms with Crippen molar-refractivity contribution in [1.82, 2.24) is 19.5 Å². The van der Waals surface area contributed by atoms with E-state index in [1.807, 2.05) is 31.2 Å². The van der Waals surface area contributed by atoms with Gasteiger partial charge in [0, 0.05) is 18.3 Å². The zero-order valence-corrected chi connectivity index (χ0v) is 22.5. The van der Waals surface area contributed by atoms with Crippen LogP contribution in [0, 0.1) is 6.92 Å². The van der Waals surface area contributed by atoms with Crippen LogP contribution in [0.25, 0.3) is 28.0 Å². The maximum absolute atomic E-state index is 13.9. The molecule has 0 aliphatic carbocycles. The Balaban J connectivity index is 1.78. The second-order valence-corrected chi connectivity index (χ2v) is 10.8. The standard InChI is InChI=1S/C28H27Cl2N5O2/c1-15(2)22-24(16(3)11-12-31-22)35-27-20-25(21(30)23(32-27)18-9-4-5-10-19(18)29)37-14-17-8-6-7-13-34(17)26(20)33-28(35)36/h4-5,9-12,15,17H,6-8,13-14H2,1-3H3/t17-/m1/s1. The van der Waals surface area contributed by atoms with Gasteiger partial charge in [-0.3, -0.25) is 4.98 Å². The molecule has 0 unspecified atom stereocenters. The lowest BCUT2D eigenvalue weighted by molar-refractivity contribution is 0.267. The molecular weight excluding hydrogens is 509 g/mol. The van der Waals surface area contributed by atoms with Crippen molar-refractivity contribution in [2.45, 2.75) is 52.0 Å². The van der Waals surface area contributed by atoms with E-state index < -0.39 is 5.69 Å². The lowest BCUT2D eigenvalue weighted by atomic mass is 10.0.